The fourth-order valence-electron chi connectivity index (χ4n) is 3.65. The lowest BCUT2D eigenvalue weighted by Crippen LogP contribution is -2.50. The lowest BCUT2D eigenvalue weighted by molar-refractivity contribution is -0.139. The molecular formula is C18H28N2O. The lowest BCUT2D eigenvalue weighted by Gasteiger charge is -2.41. The number of carbonyl (C=O) groups is 1. The van der Waals surface area contributed by atoms with Gasteiger partial charge < -0.3 is 4.90 Å². The van der Waals surface area contributed by atoms with E-state index in [1.165, 1.54) is 24.8 Å². The third kappa shape index (κ3) is 3.12. The number of unbranched alkanes of at least 4 members (excludes halogenated alkanes) is 3. The summed E-state index contributed by atoms with van der Waals surface area (Å²) in [7, 11) is 1.93. The Morgan fingerprint density at radius 3 is 2.71 bits per heavy atom. The quantitative estimate of drug-likeness (QED) is 0.709. The van der Waals surface area contributed by atoms with Crippen LogP contribution >= 0.6 is 0 Å². The third-order valence-corrected chi connectivity index (χ3v) is 4.64. The number of nitrogens with zero attached hydrogens (tertiary/aromatic N) is 2. The van der Waals surface area contributed by atoms with Crippen LogP contribution in [0.5, 0.6) is 0 Å². The molecule has 116 valence electrons. The molecule has 1 amide bonds. The summed E-state index contributed by atoms with van der Waals surface area (Å²) in [6.45, 7) is 5.08. The summed E-state index contributed by atoms with van der Waals surface area (Å²) in [5.74, 6) is 0.270. The van der Waals surface area contributed by atoms with Crippen molar-refractivity contribution in [2.75, 3.05) is 7.05 Å². The molecule has 0 bridgehead atoms. The zero-order valence-electron chi connectivity index (χ0n) is 13.7. The van der Waals surface area contributed by atoms with Crippen molar-refractivity contribution in [1.29, 1.82) is 0 Å². The maximum absolute atomic E-state index is 12.9. The molecule has 1 aliphatic heterocycles. The van der Waals surface area contributed by atoms with E-state index in [1.54, 1.807) is 0 Å². The van der Waals surface area contributed by atoms with E-state index in [4.69, 9.17) is 0 Å². The van der Waals surface area contributed by atoms with Crippen molar-refractivity contribution in [3.05, 3.63) is 29.6 Å². The topological polar surface area (TPSA) is 33.2 Å². The molecule has 3 nitrogen and oxygen atoms in total. The molecular weight excluding hydrogens is 260 g/mol. The molecule has 0 N–H and O–H groups in total. The molecule has 2 heterocycles. The van der Waals surface area contributed by atoms with Gasteiger partial charge in [-0.1, -0.05) is 52.0 Å². The van der Waals surface area contributed by atoms with Gasteiger partial charge in [0.1, 0.15) is 0 Å². The Bertz CT molecular complexity index is 486. The van der Waals surface area contributed by atoms with E-state index >= 15 is 0 Å². The van der Waals surface area contributed by atoms with Crippen molar-refractivity contribution in [3.63, 3.8) is 0 Å². The van der Waals surface area contributed by atoms with Crippen LogP contribution in [0.1, 0.15) is 70.1 Å². The van der Waals surface area contributed by atoms with Gasteiger partial charge in [0, 0.05) is 19.8 Å². The van der Waals surface area contributed by atoms with Crippen molar-refractivity contribution < 1.29 is 4.79 Å². The number of amides is 1. The largest absolute Gasteiger partial charge is 0.341 e. The summed E-state index contributed by atoms with van der Waals surface area (Å²) in [5.41, 5.74) is 1.89. The second kappa shape index (κ2) is 7.06. The Morgan fingerprint density at radius 2 is 2.00 bits per heavy atom. The standard InChI is InChI=1S/C18H28N2O/c1-4-6-7-8-12-18(11-5-2)16-15(10-9-13-19-16)14-20(3)17(18)21/h9-10,13H,4-8,11-12,14H2,1-3H3. The van der Waals surface area contributed by atoms with Gasteiger partial charge >= 0.3 is 0 Å². The summed E-state index contributed by atoms with van der Waals surface area (Å²) in [6, 6.07) is 4.11. The SMILES string of the molecule is CCCCCCC1(CCC)C(=O)N(C)Cc2cccnc21. The first-order valence-corrected chi connectivity index (χ1v) is 8.35. The van der Waals surface area contributed by atoms with Crippen molar-refractivity contribution in [2.24, 2.45) is 0 Å². The van der Waals surface area contributed by atoms with E-state index < -0.39 is 0 Å². The average Bonchev–Trinajstić information content (AvgIpc) is 2.49. The van der Waals surface area contributed by atoms with Crippen LogP contribution in [-0.4, -0.2) is 22.8 Å². The van der Waals surface area contributed by atoms with E-state index in [-0.39, 0.29) is 11.3 Å². The first-order chi connectivity index (χ1) is 10.2. The summed E-state index contributed by atoms with van der Waals surface area (Å²) < 4.78 is 0. The van der Waals surface area contributed by atoms with E-state index in [0.717, 1.165) is 31.4 Å². The summed E-state index contributed by atoms with van der Waals surface area (Å²) in [4.78, 5) is 19.5. The van der Waals surface area contributed by atoms with Crippen LogP contribution in [-0.2, 0) is 16.8 Å². The lowest BCUT2D eigenvalue weighted by atomic mass is 9.71. The smallest absolute Gasteiger partial charge is 0.234 e. The summed E-state index contributed by atoms with van der Waals surface area (Å²) in [6.07, 6.45) is 9.51. The monoisotopic (exact) mass is 288 g/mol. The molecule has 0 aromatic carbocycles. The number of pyridine rings is 1. The molecule has 0 aliphatic carbocycles. The Hall–Kier alpha value is -1.38. The van der Waals surface area contributed by atoms with Gasteiger partial charge in [0.05, 0.1) is 11.1 Å². The Labute approximate surface area is 128 Å². The van der Waals surface area contributed by atoms with Crippen LogP contribution in [0.3, 0.4) is 0 Å². The second-order valence-corrected chi connectivity index (χ2v) is 6.32. The first-order valence-electron chi connectivity index (χ1n) is 8.35. The van der Waals surface area contributed by atoms with Gasteiger partial charge in [0.2, 0.25) is 5.91 Å². The summed E-state index contributed by atoms with van der Waals surface area (Å²) >= 11 is 0. The molecule has 1 aromatic heterocycles. The van der Waals surface area contributed by atoms with Crippen LogP contribution in [0.25, 0.3) is 0 Å². The Morgan fingerprint density at radius 1 is 1.19 bits per heavy atom. The normalized spacial score (nSPS) is 21.5. The van der Waals surface area contributed by atoms with Crippen molar-refractivity contribution in [2.45, 2.75) is 70.8 Å². The van der Waals surface area contributed by atoms with E-state index in [1.807, 2.05) is 24.2 Å². The maximum atomic E-state index is 12.9. The molecule has 1 aromatic rings. The molecule has 0 spiro atoms. The fourth-order valence-corrected chi connectivity index (χ4v) is 3.65. The van der Waals surface area contributed by atoms with Crippen molar-refractivity contribution >= 4 is 5.91 Å². The minimum absolute atomic E-state index is 0.270. The number of hydrogen-bond acceptors (Lipinski definition) is 2. The van der Waals surface area contributed by atoms with E-state index in [2.05, 4.69) is 24.9 Å². The number of hydrogen-bond donors (Lipinski definition) is 0. The maximum Gasteiger partial charge on any atom is 0.234 e. The van der Waals surface area contributed by atoms with Gasteiger partial charge in [0.15, 0.2) is 0 Å². The minimum atomic E-state index is -0.383. The molecule has 21 heavy (non-hydrogen) atoms. The molecule has 0 fully saturated rings. The van der Waals surface area contributed by atoms with Gasteiger partial charge in [-0.15, -0.1) is 0 Å². The molecule has 3 heteroatoms. The summed E-state index contributed by atoms with van der Waals surface area (Å²) in [5, 5.41) is 0. The molecule has 1 atom stereocenters. The molecule has 1 unspecified atom stereocenters. The highest BCUT2D eigenvalue weighted by Gasteiger charge is 2.46. The fraction of sp³-hybridized carbons (Fsp3) is 0.667. The predicted octanol–water partition coefficient (Wildman–Crippen LogP) is 4.06. The molecule has 1 aliphatic rings. The minimum Gasteiger partial charge on any atom is -0.341 e. The van der Waals surface area contributed by atoms with E-state index in [9.17, 15) is 4.79 Å². The van der Waals surface area contributed by atoms with Crippen molar-refractivity contribution in [1.82, 2.24) is 9.88 Å². The zero-order valence-corrected chi connectivity index (χ0v) is 13.7. The van der Waals surface area contributed by atoms with Gasteiger partial charge in [-0.25, -0.2) is 0 Å². The van der Waals surface area contributed by atoms with Crippen LogP contribution in [0, 0.1) is 0 Å². The highest BCUT2D eigenvalue weighted by atomic mass is 16.2. The van der Waals surface area contributed by atoms with Crippen LogP contribution < -0.4 is 0 Å². The van der Waals surface area contributed by atoms with Crippen molar-refractivity contribution in [3.8, 4) is 0 Å². The van der Waals surface area contributed by atoms with Gasteiger partial charge in [-0.2, -0.15) is 0 Å². The van der Waals surface area contributed by atoms with E-state index in [0.29, 0.717) is 6.54 Å². The predicted molar refractivity (Wildman–Crippen MR) is 86.1 cm³/mol. The molecule has 0 saturated heterocycles. The number of likely N-dealkylation sites (N-methyl/N-ethyl adjacent to an activating group) is 1. The number of rotatable bonds is 7. The first kappa shape index (κ1) is 16.0. The van der Waals surface area contributed by atoms with Crippen LogP contribution in [0.4, 0.5) is 0 Å². The third-order valence-electron chi connectivity index (χ3n) is 4.64. The second-order valence-electron chi connectivity index (χ2n) is 6.32. The number of aromatic nitrogens is 1. The van der Waals surface area contributed by atoms with Gasteiger partial charge in [-0.3, -0.25) is 9.78 Å². The van der Waals surface area contributed by atoms with Crippen LogP contribution in [0.2, 0.25) is 0 Å². The average molecular weight is 288 g/mol. The zero-order chi connectivity index (χ0) is 15.3. The van der Waals surface area contributed by atoms with Gasteiger partial charge in [-0.05, 0) is 24.5 Å². The molecule has 0 saturated carbocycles. The Balaban J connectivity index is 2.33. The molecule has 0 radical (unpaired) electrons. The highest BCUT2D eigenvalue weighted by Crippen LogP contribution is 2.40. The number of fused-ring (bicyclic) bond motifs is 1. The highest BCUT2D eigenvalue weighted by molar-refractivity contribution is 5.89. The Kier molecular flexibility index (Phi) is 5.38. The van der Waals surface area contributed by atoms with Crippen LogP contribution in [0.15, 0.2) is 18.3 Å². The molecule has 2 rings (SSSR count). The van der Waals surface area contributed by atoms with Gasteiger partial charge in [0.25, 0.3) is 0 Å². The number of carbonyl (C=O) groups excluding carboxylic acids is 1.